The molecule has 0 rings (SSSR count). The average Bonchev–Trinajstić information content (AvgIpc) is 2.32. The number of rotatable bonds is 1. The van der Waals surface area contributed by atoms with E-state index in [0.29, 0.717) is 0 Å². The number of nitrogens with zero attached hydrogens (tertiary/aromatic N) is 3. The quantitative estimate of drug-likeness (QED) is 0.163. The van der Waals surface area contributed by atoms with Crippen LogP contribution >= 0.6 is 59.9 Å². The number of nitro groups is 3. The van der Waals surface area contributed by atoms with E-state index in [1.807, 2.05) is 0 Å². The van der Waals surface area contributed by atoms with Crippen LogP contribution < -0.4 is 0 Å². The van der Waals surface area contributed by atoms with Gasteiger partial charge in [-0.3, -0.25) is 30.3 Å². The third kappa shape index (κ3) is 540. The van der Waals surface area contributed by atoms with Gasteiger partial charge in [-0.25, -0.2) is 0 Å². The Balaban J connectivity index is -0.0000000198. The van der Waals surface area contributed by atoms with E-state index < -0.39 is 9.85 Å². The van der Waals surface area contributed by atoms with Crippen molar-refractivity contribution in [2.24, 2.45) is 0 Å². The fourth-order valence-electron chi connectivity index (χ4n) is 0. The molecule has 0 saturated carbocycles. The molecule has 0 aromatic rings. The Bertz CT molecular complexity index is 212. The maximum absolute atomic E-state index is 9.17. The van der Waals surface area contributed by atoms with Gasteiger partial charge in [0.05, 0.1) is 0 Å². The van der Waals surface area contributed by atoms with Gasteiger partial charge in [-0.15, -0.1) is 9.85 Å². The second-order valence-electron chi connectivity index (χ2n) is 1.51. The van der Waals surface area contributed by atoms with Crippen LogP contribution in [0.1, 0.15) is 20.8 Å². The summed E-state index contributed by atoms with van der Waals surface area (Å²) in [6.45, 7) is 11.5. The Kier molecular flexibility index (Phi) is 123. The summed E-state index contributed by atoms with van der Waals surface area (Å²) in [6, 6.07) is 0. The van der Waals surface area contributed by atoms with Crippen molar-refractivity contribution in [1.29, 1.82) is 0 Å². The molecule has 0 atom stereocenters. The molecule has 138 valence electrons. The van der Waals surface area contributed by atoms with Crippen molar-refractivity contribution in [1.82, 2.24) is 0 Å². The van der Waals surface area contributed by atoms with Crippen LogP contribution in [0.5, 0.6) is 0 Å². The monoisotopic (exact) mass is 863 g/mol. The molecule has 0 amide bonds. The zero-order chi connectivity index (χ0) is 19.0. The topological polar surface area (TPSA) is 129 Å². The third-order valence-corrected chi connectivity index (χ3v) is 0.258. The Morgan fingerprint density at radius 1 is 0.826 bits per heavy atom. The van der Waals surface area contributed by atoms with Crippen LogP contribution in [0.15, 0.2) is 0 Å². The van der Waals surface area contributed by atoms with Gasteiger partial charge in [0.2, 0.25) is 6.54 Å². The second kappa shape index (κ2) is 56.3. The third-order valence-electron chi connectivity index (χ3n) is 0.258. The number of hydrogen-bond donors (Lipinski definition) is 0. The molecule has 0 unspecified atom stereocenters. The Labute approximate surface area is 226 Å². The van der Waals surface area contributed by atoms with Gasteiger partial charge in [0, 0.05) is 77.3 Å². The zero-order valence-corrected chi connectivity index (χ0v) is 26.6. The van der Waals surface area contributed by atoms with Crippen molar-refractivity contribution in [3.63, 3.8) is 0 Å². The van der Waals surface area contributed by atoms with E-state index in [1.165, 1.54) is 6.92 Å². The van der Waals surface area contributed by atoms with E-state index in [9.17, 15) is 10.1 Å². The summed E-state index contributed by atoms with van der Waals surface area (Å²) in [5.41, 5.74) is 0. The first-order valence-electron chi connectivity index (χ1n) is 4.67. The molecule has 9 nitrogen and oxygen atoms in total. The van der Waals surface area contributed by atoms with E-state index in [4.69, 9.17) is 20.2 Å². The van der Waals surface area contributed by atoms with E-state index in [1.54, 1.807) is 13.8 Å². The van der Waals surface area contributed by atoms with Gasteiger partial charge >= 0.3 is 64.9 Å². The molecule has 0 aliphatic rings. The van der Waals surface area contributed by atoms with E-state index >= 15 is 0 Å². The molecular weight excluding hydrogens is 844 g/mol. The largest absolute Gasteiger partial charge is 0 e. The molecule has 0 aliphatic heterocycles. The summed E-state index contributed by atoms with van der Waals surface area (Å²) < 4.78 is 0. The van der Waals surface area contributed by atoms with Gasteiger partial charge in [0.15, 0.2) is 0 Å². The first-order chi connectivity index (χ1) is 9.47. The molecule has 0 aromatic carbocycles. The van der Waals surface area contributed by atoms with E-state index in [-0.39, 0.29) is 81.8 Å². The van der Waals surface area contributed by atoms with Gasteiger partial charge in [-0.05, 0) is 0 Å². The van der Waals surface area contributed by atoms with E-state index in [0.717, 1.165) is 0 Å². The van der Waals surface area contributed by atoms with Crippen molar-refractivity contribution < 1.29 is 85.1 Å². The molecule has 0 bridgehead atoms. The van der Waals surface area contributed by atoms with Crippen LogP contribution in [-0.2, 0) is 70.3 Å². The van der Waals surface area contributed by atoms with E-state index in [2.05, 4.69) is 87.9 Å². The summed E-state index contributed by atoms with van der Waals surface area (Å²) in [6.07, 6.45) is 0. The van der Waals surface area contributed by atoms with Crippen LogP contribution in [0.4, 0.5) is 0 Å². The molecule has 0 spiro atoms. The molecule has 23 heavy (non-hydrogen) atoms. The van der Waals surface area contributed by atoms with Gasteiger partial charge in [-0.2, -0.15) is 13.8 Å². The predicted molar refractivity (Wildman–Crippen MR) is 106 cm³/mol. The van der Waals surface area contributed by atoms with Crippen molar-refractivity contribution in [2.45, 2.75) is 20.8 Å². The predicted octanol–water partition coefficient (Wildman–Crippen LogP) is 4.72. The van der Waals surface area contributed by atoms with Crippen LogP contribution in [-0.4, -0.2) is 21.3 Å². The minimum absolute atomic E-state index is 0. The zero-order valence-electron chi connectivity index (χ0n) is 13.1. The second-order valence-corrected chi connectivity index (χ2v) is 36.9. The fraction of sp³-hybridized carbons (Fsp3) is 0.500. The molecule has 0 heterocycles. The summed E-state index contributed by atoms with van der Waals surface area (Å²) in [5.74, 6) is 0. The molecule has 0 aromatic heterocycles. The SMILES string of the molecule is CC[N+](=O)[O-].[CH2-]C.[CH2-]C.[CH2-][N+](=O)[O-].[CH2-][N+](=O)[O-].[I][V]([I])[I].[Y].[Y]. The van der Waals surface area contributed by atoms with Crippen molar-refractivity contribution in [3.05, 3.63) is 58.3 Å². The minimum Gasteiger partial charge on any atom is 0 e. The smallest absolute Gasteiger partial charge is 0 e. The first-order valence-corrected chi connectivity index (χ1v) is 18.2. The Hall–Kier alpha value is 2.92. The normalized spacial score (nSPS) is 5.78. The van der Waals surface area contributed by atoms with Crippen molar-refractivity contribution >= 4 is 59.9 Å². The number of hydrogen-bond acceptors (Lipinski definition) is 6. The summed E-state index contributed by atoms with van der Waals surface area (Å²) in [5, 5.41) is 26.6. The van der Waals surface area contributed by atoms with Gasteiger partial charge in [0.1, 0.15) is 0 Å². The minimum atomic E-state index is -0.750. The van der Waals surface area contributed by atoms with Crippen LogP contribution in [0.2, 0.25) is 0 Å². The van der Waals surface area contributed by atoms with Crippen LogP contribution in [0, 0.1) is 58.3 Å². The maximum Gasteiger partial charge on any atom is 0 e. The van der Waals surface area contributed by atoms with Gasteiger partial charge in [0.25, 0.3) is 0 Å². The molecule has 15 heteroatoms. The summed E-state index contributed by atoms with van der Waals surface area (Å²) in [4.78, 5) is 24.4. The average molecular weight is 863 g/mol. The fourth-order valence-corrected chi connectivity index (χ4v) is 0. The van der Waals surface area contributed by atoms with Gasteiger partial charge in [-0.1, -0.05) is 14.1 Å². The molecule has 0 saturated heterocycles. The van der Waals surface area contributed by atoms with Gasteiger partial charge < -0.3 is 13.8 Å². The number of halogens is 3. The molecular formula is C8H19I3N3O6VY2-4. The van der Waals surface area contributed by atoms with Crippen LogP contribution in [0.25, 0.3) is 0 Å². The van der Waals surface area contributed by atoms with Crippen LogP contribution in [0.3, 0.4) is 0 Å². The van der Waals surface area contributed by atoms with Crippen molar-refractivity contribution in [3.8, 4) is 0 Å². The first kappa shape index (κ1) is 50.1. The Morgan fingerprint density at radius 3 is 0.870 bits per heavy atom. The summed E-state index contributed by atoms with van der Waals surface area (Å²) in [7, 11) is 4.72. The standard InChI is InChI=1S/C2H5NO2.2C2H5.2CH2NO2.3HI.V.2Y/c1-2-3(4)5;2*1-2;2*1-2(3)4;;;;;;/h2H2,1H3;2*1H2,2H3;2*1H2;3*1H;;;/q;4*-1;;;;+3;;/p-3. The molecule has 0 N–H and O–H groups in total. The van der Waals surface area contributed by atoms with Crippen molar-refractivity contribution in [2.75, 3.05) is 6.54 Å². The maximum atomic E-state index is 9.17. The Morgan fingerprint density at radius 2 is 0.870 bits per heavy atom. The molecule has 2 radical (unpaired) electrons. The summed E-state index contributed by atoms with van der Waals surface area (Å²) >= 11 is 7.39. The molecule has 0 aliphatic carbocycles. The molecule has 0 fully saturated rings.